The molecule has 1 fully saturated rings. The summed E-state index contributed by atoms with van der Waals surface area (Å²) in [6, 6.07) is -0.283. The second-order valence-electron chi connectivity index (χ2n) is 8.95. The largest absolute Gasteiger partial charge is 0.420 e. The third-order valence-corrected chi connectivity index (χ3v) is 7.65. The number of piperidine rings is 1. The van der Waals surface area contributed by atoms with Crippen LogP contribution in [0.25, 0.3) is 11.4 Å². The molecule has 1 aliphatic rings. The van der Waals surface area contributed by atoms with Gasteiger partial charge in [-0.2, -0.15) is 17.5 Å². The highest BCUT2D eigenvalue weighted by atomic mass is 32.2. The molecular weight excluding hydrogens is 504 g/mol. The normalized spacial score (nSPS) is 20.4. The van der Waals surface area contributed by atoms with Crippen molar-refractivity contribution in [2.24, 2.45) is 13.0 Å². The predicted molar refractivity (Wildman–Crippen MR) is 122 cm³/mol. The number of aryl methyl sites for hydroxylation is 1. The molecule has 3 aromatic rings. The summed E-state index contributed by atoms with van der Waals surface area (Å²) in [5.74, 6) is -0.235. The molecule has 0 aromatic carbocycles. The van der Waals surface area contributed by atoms with Gasteiger partial charge in [-0.05, 0) is 19.3 Å². The second-order valence-corrected chi connectivity index (χ2v) is 10.8. The zero-order valence-electron chi connectivity index (χ0n) is 19.8. The van der Waals surface area contributed by atoms with Gasteiger partial charge in [0.15, 0.2) is 5.03 Å². The van der Waals surface area contributed by atoms with Gasteiger partial charge in [-0.1, -0.05) is 6.92 Å². The number of halogens is 4. The molecule has 1 aliphatic heterocycles. The van der Waals surface area contributed by atoms with Crippen LogP contribution in [0.5, 0.6) is 0 Å². The molecule has 1 unspecified atom stereocenters. The fourth-order valence-electron chi connectivity index (χ4n) is 4.09. The Morgan fingerprint density at radius 2 is 1.94 bits per heavy atom. The lowest BCUT2D eigenvalue weighted by Gasteiger charge is -2.36. The Hall–Kier alpha value is -3.07. The van der Waals surface area contributed by atoms with E-state index in [0.29, 0.717) is 12.6 Å². The molecule has 4 rings (SSSR count). The van der Waals surface area contributed by atoms with Gasteiger partial charge < -0.3 is 14.5 Å². The highest BCUT2D eigenvalue weighted by molar-refractivity contribution is 7.89. The van der Waals surface area contributed by atoms with Gasteiger partial charge in [0.1, 0.15) is 23.1 Å². The summed E-state index contributed by atoms with van der Waals surface area (Å²) < 4.78 is 84.2. The highest BCUT2D eigenvalue weighted by Crippen LogP contribution is 2.36. The number of imidazole rings is 2. The maximum Gasteiger partial charge on any atom is 0.420 e. The molecule has 0 spiro atoms. The minimum atomic E-state index is -4.72. The van der Waals surface area contributed by atoms with Gasteiger partial charge in [-0.25, -0.2) is 32.7 Å². The van der Waals surface area contributed by atoms with Crippen molar-refractivity contribution in [3.8, 4) is 11.4 Å². The standard InChI is InChI=1S/C21H26F4N8O2S/c1-13-7-33(36(34,35)18-10-31(3)11-28-18)5-4-16(13)29-20-26-6-15(21(23,24)25)19(30-20)17-9-32(12-27-17)8-14(2)22/h6,9-14,16H,4-5,7-8H2,1-3H3,(H,26,29,30)/t13-,14?,16+/m1/s1. The van der Waals surface area contributed by atoms with E-state index >= 15 is 0 Å². The minimum absolute atomic E-state index is 0.0377. The van der Waals surface area contributed by atoms with E-state index in [1.54, 1.807) is 11.6 Å². The van der Waals surface area contributed by atoms with Gasteiger partial charge in [-0.3, -0.25) is 0 Å². The van der Waals surface area contributed by atoms with Gasteiger partial charge in [0.2, 0.25) is 5.95 Å². The number of nitrogens with one attached hydrogen (secondary N) is 1. The molecule has 3 aromatic heterocycles. The number of anilines is 1. The summed E-state index contributed by atoms with van der Waals surface area (Å²) in [6.45, 7) is 3.50. The van der Waals surface area contributed by atoms with E-state index in [9.17, 15) is 26.0 Å². The molecule has 15 heteroatoms. The first kappa shape index (κ1) is 26.0. The lowest BCUT2D eigenvalue weighted by molar-refractivity contribution is -0.137. The molecule has 0 bridgehead atoms. The predicted octanol–water partition coefficient (Wildman–Crippen LogP) is 2.96. The molecular formula is C21H26F4N8O2S. The fourth-order valence-corrected chi connectivity index (χ4v) is 5.61. The third-order valence-electron chi connectivity index (χ3n) is 5.90. The number of alkyl halides is 4. The van der Waals surface area contributed by atoms with E-state index in [1.807, 2.05) is 6.92 Å². The molecule has 4 heterocycles. The van der Waals surface area contributed by atoms with Crippen molar-refractivity contribution in [3.05, 3.63) is 36.8 Å². The molecule has 3 atom stereocenters. The van der Waals surface area contributed by atoms with Gasteiger partial charge >= 0.3 is 6.18 Å². The van der Waals surface area contributed by atoms with Gasteiger partial charge in [0, 0.05) is 44.8 Å². The summed E-state index contributed by atoms with van der Waals surface area (Å²) in [5, 5.41) is 3.01. The van der Waals surface area contributed by atoms with Crippen LogP contribution in [-0.4, -0.2) is 67.1 Å². The van der Waals surface area contributed by atoms with Crippen LogP contribution >= 0.6 is 0 Å². The van der Waals surface area contributed by atoms with Gasteiger partial charge in [0.25, 0.3) is 10.0 Å². The van der Waals surface area contributed by atoms with Crippen LogP contribution in [0.4, 0.5) is 23.5 Å². The maximum atomic E-state index is 13.6. The average molecular weight is 531 g/mol. The highest BCUT2D eigenvalue weighted by Gasteiger charge is 2.37. The van der Waals surface area contributed by atoms with E-state index in [2.05, 4.69) is 25.3 Å². The molecule has 10 nitrogen and oxygen atoms in total. The Bertz CT molecular complexity index is 1320. The first-order chi connectivity index (χ1) is 16.8. The summed E-state index contributed by atoms with van der Waals surface area (Å²) in [5.41, 5.74) is -1.54. The second kappa shape index (κ2) is 9.76. The Balaban J connectivity index is 1.53. The van der Waals surface area contributed by atoms with Gasteiger partial charge in [0.05, 0.1) is 19.2 Å². The van der Waals surface area contributed by atoms with Crippen LogP contribution in [0.1, 0.15) is 25.8 Å². The topological polar surface area (TPSA) is 111 Å². The number of sulfonamides is 1. The Kier molecular flexibility index (Phi) is 7.05. The summed E-state index contributed by atoms with van der Waals surface area (Å²) in [6.07, 6.45) is 0.544. The molecule has 0 amide bonds. The molecule has 196 valence electrons. The summed E-state index contributed by atoms with van der Waals surface area (Å²) in [7, 11) is -2.09. The number of hydrogen-bond acceptors (Lipinski definition) is 7. The van der Waals surface area contributed by atoms with Crippen molar-refractivity contribution >= 4 is 16.0 Å². The van der Waals surface area contributed by atoms with E-state index in [-0.39, 0.29) is 48.3 Å². The molecule has 0 aliphatic carbocycles. The van der Waals surface area contributed by atoms with Crippen molar-refractivity contribution in [1.82, 2.24) is 33.4 Å². The van der Waals surface area contributed by atoms with Crippen LogP contribution in [-0.2, 0) is 29.8 Å². The van der Waals surface area contributed by atoms with Crippen molar-refractivity contribution in [2.75, 3.05) is 18.4 Å². The molecule has 0 radical (unpaired) electrons. The SMILES string of the molecule is CC(F)Cn1cnc(-c2nc(N[C@H]3CCN(S(=O)(=O)c4cn(C)cn4)C[C@H]3C)ncc2C(F)(F)F)c1. The monoisotopic (exact) mass is 530 g/mol. The first-order valence-corrected chi connectivity index (χ1v) is 12.6. The quantitative estimate of drug-likeness (QED) is 0.468. The van der Waals surface area contributed by atoms with Crippen molar-refractivity contribution in [1.29, 1.82) is 0 Å². The molecule has 1 saturated heterocycles. The average Bonchev–Trinajstić information content (AvgIpc) is 3.43. The zero-order valence-corrected chi connectivity index (χ0v) is 20.6. The Morgan fingerprint density at radius 1 is 1.19 bits per heavy atom. The third kappa shape index (κ3) is 5.51. The maximum absolute atomic E-state index is 13.6. The number of aromatic nitrogens is 6. The van der Waals surface area contributed by atoms with Crippen LogP contribution in [0.3, 0.4) is 0 Å². The van der Waals surface area contributed by atoms with E-state index in [1.165, 1.54) is 40.8 Å². The number of hydrogen-bond donors (Lipinski definition) is 1. The molecule has 36 heavy (non-hydrogen) atoms. The van der Waals surface area contributed by atoms with Crippen LogP contribution in [0.15, 0.2) is 36.3 Å². The Morgan fingerprint density at radius 3 is 2.56 bits per heavy atom. The fraction of sp³-hybridized carbons (Fsp3) is 0.524. The summed E-state index contributed by atoms with van der Waals surface area (Å²) >= 11 is 0. The van der Waals surface area contributed by atoms with Gasteiger partial charge in [-0.15, -0.1) is 0 Å². The number of rotatable bonds is 7. The lowest BCUT2D eigenvalue weighted by atomic mass is 9.95. The summed E-state index contributed by atoms with van der Waals surface area (Å²) in [4.78, 5) is 15.9. The van der Waals surface area contributed by atoms with Crippen LogP contribution in [0, 0.1) is 5.92 Å². The minimum Gasteiger partial charge on any atom is -0.351 e. The Labute approximate surface area is 205 Å². The van der Waals surface area contributed by atoms with E-state index in [4.69, 9.17) is 0 Å². The van der Waals surface area contributed by atoms with E-state index < -0.39 is 33.6 Å². The van der Waals surface area contributed by atoms with Crippen molar-refractivity contribution in [2.45, 2.75) is 50.2 Å². The van der Waals surface area contributed by atoms with Crippen LogP contribution in [0.2, 0.25) is 0 Å². The van der Waals surface area contributed by atoms with Crippen molar-refractivity contribution < 1.29 is 26.0 Å². The first-order valence-electron chi connectivity index (χ1n) is 11.2. The molecule has 0 saturated carbocycles. The zero-order chi connectivity index (χ0) is 26.3. The molecule has 1 N–H and O–H groups in total. The lowest BCUT2D eigenvalue weighted by Crippen LogP contribution is -2.47. The smallest absolute Gasteiger partial charge is 0.351 e. The number of nitrogens with zero attached hydrogens (tertiary/aromatic N) is 7. The van der Waals surface area contributed by atoms with Crippen molar-refractivity contribution in [3.63, 3.8) is 0 Å². The van der Waals surface area contributed by atoms with E-state index in [0.717, 1.165) is 0 Å². The van der Waals surface area contributed by atoms with Crippen LogP contribution < -0.4 is 5.32 Å².